The molecule has 1 aromatic carbocycles. The zero-order valence-electron chi connectivity index (χ0n) is 11.7. The first-order valence-corrected chi connectivity index (χ1v) is 6.76. The monoisotopic (exact) mass is 246 g/mol. The summed E-state index contributed by atoms with van der Waals surface area (Å²) < 4.78 is 7.97. The van der Waals surface area contributed by atoms with Crippen molar-refractivity contribution in [3.05, 3.63) is 35.9 Å². The Morgan fingerprint density at radius 1 is 1.28 bits per heavy atom. The Kier molecular flexibility index (Phi) is 4.18. The molecule has 0 aromatic heterocycles. The van der Waals surface area contributed by atoms with Gasteiger partial charge in [-0.05, 0) is 12.0 Å². The Hall–Kier alpha value is -1.15. The Balaban J connectivity index is 1.98. The lowest BCUT2D eigenvalue weighted by Gasteiger charge is -2.28. The second-order valence-corrected chi connectivity index (χ2v) is 5.91. The van der Waals surface area contributed by atoms with Crippen LogP contribution in [0.4, 0.5) is 0 Å². The molecule has 2 heteroatoms. The largest absolute Gasteiger partial charge is 0.375 e. The number of ether oxygens (including phenoxy) is 1. The smallest absolute Gasteiger partial charge is 0.168 e. The standard InChI is InChI=1S/C16H24NO/c1-16(2)11-15(18-3)12-17(13-16)10-9-14-7-5-4-6-8-14/h4-8,13,15H,9-12H2,1-3H3/q+1. The molecule has 0 aliphatic carbocycles. The third kappa shape index (κ3) is 3.67. The van der Waals surface area contributed by atoms with Gasteiger partial charge in [0.1, 0.15) is 18.9 Å². The summed E-state index contributed by atoms with van der Waals surface area (Å²) >= 11 is 0. The van der Waals surface area contributed by atoms with Gasteiger partial charge in [0.15, 0.2) is 6.54 Å². The van der Waals surface area contributed by atoms with Gasteiger partial charge in [-0.1, -0.05) is 44.2 Å². The van der Waals surface area contributed by atoms with Crippen molar-refractivity contribution in [2.45, 2.75) is 32.8 Å². The summed E-state index contributed by atoms with van der Waals surface area (Å²) in [5.41, 5.74) is 1.65. The van der Waals surface area contributed by atoms with Crippen molar-refractivity contribution in [2.75, 3.05) is 20.2 Å². The van der Waals surface area contributed by atoms with E-state index in [4.69, 9.17) is 4.74 Å². The number of hydrogen-bond donors (Lipinski definition) is 0. The van der Waals surface area contributed by atoms with E-state index in [0.717, 1.165) is 25.9 Å². The molecule has 0 bridgehead atoms. The maximum Gasteiger partial charge on any atom is 0.168 e. The van der Waals surface area contributed by atoms with E-state index in [1.807, 2.05) is 7.11 Å². The number of nitrogens with zero attached hydrogens (tertiary/aromatic N) is 1. The highest BCUT2D eigenvalue weighted by atomic mass is 16.5. The highest BCUT2D eigenvalue weighted by molar-refractivity contribution is 5.60. The molecule has 1 aliphatic heterocycles. The summed E-state index contributed by atoms with van der Waals surface area (Å²) in [5.74, 6) is 0. The Morgan fingerprint density at radius 3 is 2.67 bits per heavy atom. The zero-order valence-corrected chi connectivity index (χ0v) is 11.7. The van der Waals surface area contributed by atoms with Crippen molar-refractivity contribution >= 4 is 6.21 Å². The molecule has 0 fully saturated rings. The molecule has 0 saturated heterocycles. The number of methoxy groups -OCH3 is 1. The van der Waals surface area contributed by atoms with Crippen molar-refractivity contribution in [3.63, 3.8) is 0 Å². The topological polar surface area (TPSA) is 12.2 Å². The molecular weight excluding hydrogens is 222 g/mol. The molecule has 98 valence electrons. The van der Waals surface area contributed by atoms with Crippen LogP contribution in [0.1, 0.15) is 25.8 Å². The lowest BCUT2D eigenvalue weighted by molar-refractivity contribution is -0.541. The van der Waals surface area contributed by atoms with Crippen LogP contribution in [0.2, 0.25) is 0 Å². The molecule has 0 spiro atoms. The summed E-state index contributed by atoms with van der Waals surface area (Å²) in [6, 6.07) is 10.7. The van der Waals surface area contributed by atoms with Crippen molar-refractivity contribution in [1.82, 2.24) is 0 Å². The average Bonchev–Trinajstić information content (AvgIpc) is 2.36. The van der Waals surface area contributed by atoms with Gasteiger partial charge in [0, 0.05) is 18.9 Å². The minimum atomic E-state index is 0.246. The summed E-state index contributed by atoms with van der Waals surface area (Å²) in [4.78, 5) is 0. The Morgan fingerprint density at radius 2 is 2.00 bits per heavy atom. The van der Waals surface area contributed by atoms with Crippen molar-refractivity contribution in [2.24, 2.45) is 5.41 Å². The van der Waals surface area contributed by atoms with Crippen LogP contribution >= 0.6 is 0 Å². The van der Waals surface area contributed by atoms with Crippen molar-refractivity contribution < 1.29 is 9.31 Å². The second kappa shape index (κ2) is 5.66. The third-order valence-electron chi connectivity index (χ3n) is 3.59. The van der Waals surface area contributed by atoms with Gasteiger partial charge in [-0.15, -0.1) is 0 Å². The lowest BCUT2D eigenvalue weighted by atomic mass is 9.85. The van der Waals surface area contributed by atoms with E-state index in [1.54, 1.807) is 0 Å². The fourth-order valence-electron chi connectivity index (χ4n) is 2.74. The second-order valence-electron chi connectivity index (χ2n) is 5.91. The van der Waals surface area contributed by atoms with Gasteiger partial charge in [-0.25, -0.2) is 4.58 Å². The molecule has 1 aromatic rings. The Labute approximate surface area is 110 Å². The van der Waals surface area contributed by atoms with Gasteiger partial charge < -0.3 is 4.74 Å². The quantitative estimate of drug-likeness (QED) is 0.744. The van der Waals surface area contributed by atoms with Gasteiger partial charge in [0.25, 0.3) is 0 Å². The van der Waals surface area contributed by atoms with Crippen molar-refractivity contribution in [1.29, 1.82) is 0 Å². The third-order valence-corrected chi connectivity index (χ3v) is 3.59. The highest BCUT2D eigenvalue weighted by Crippen LogP contribution is 2.24. The highest BCUT2D eigenvalue weighted by Gasteiger charge is 2.32. The molecule has 1 unspecified atom stereocenters. The van der Waals surface area contributed by atoms with E-state index in [1.165, 1.54) is 5.56 Å². The summed E-state index contributed by atoms with van der Waals surface area (Å²) in [5, 5.41) is 0. The van der Waals surface area contributed by atoms with Gasteiger partial charge in [-0.3, -0.25) is 0 Å². The lowest BCUT2D eigenvalue weighted by Crippen LogP contribution is -2.40. The summed E-state index contributed by atoms with van der Waals surface area (Å²) in [6.07, 6.45) is 4.96. The molecule has 2 nitrogen and oxygen atoms in total. The minimum Gasteiger partial charge on any atom is -0.375 e. The molecule has 1 aliphatic rings. The van der Waals surface area contributed by atoms with Crippen LogP contribution in [-0.4, -0.2) is 37.1 Å². The maximum atomic E-state index is 5.55. The first-order valence-electron chi connectivity index (χ1n) is 6.76. The fourth-order valence-corrected chi connectivity index (χ4v) is 2.74. The van der Waals surface area contributed by atoms with Crippen LogP contribution in [0.25, 0.3) is 0 Å². The molecule has 0 amide bonds. The zero-order chi connectivity index (χ0) is 13.0. The van der Waals surface area contributed by atoms with E-state index < -0.39 is 0 Å². The summed E-state index contributed by atoms with van der Waals surface area (Å²) in [7, 11) is 1.82. The molecule has 2 rings (SSSR count). The van der Waals surface area contributed by atoms with Gasteiger partial charge in [0.05, 0.1) is 0 Å². The molecule has 0 saturated carbocycles. The molecule has 0 N–H and O–H groups in total. The Bertz CT molecular complexity index is 408. The fraction of sp³-hybridized carbons (Fsp3) is 0.562. The van der Waals surface area contributed by atoms with E-state index in [9.17, 15) is 0 Å². The van der Waals surface area contributed by atoms with Crippen LogP contribution in [0, 0.1) is 5.41 Å². The minimum absolute atomic E-state index is 0.246. The first kappa shape index (κ1) is 13.3. The van der Waals surface area contributed by atoms with Gasteiger partial charge in [-0.2, -0.15) is 0 Å². The van der Waals surface area contributed by atoms with Crippen LogP contribution in [0.5, 0.6) is 0 Å². The first-order chi connectivity index (χ1) is 8.59. The van der Waals surface area contributed by atoms with Gasteiger partial charge in [0.2, 0.25) is 0 Å². The number of hydrogen-bond acceptors (Lipinski definition) is 1. The SMILES string of the molecule is COC1C[N+](CCc2ccccc2)=CC(C)(C)C1. The van der Waals surface area contributed by atoms with E-state index in [2.05, 4.69) is 55.0 Å². The van der Waals surface area contributed by atoms with Crippen LogP contribution in [0.15, 0.2) is 30.3 Å². The van der Waals surface area contributed by atoms with Crippen LogP contribution in [-0.2, 0) is 11.2 Å². The predicted molar refractivity (Wildman–Crippen MR) is 75.4 cm³/mol. The van der Waals surface area contributed by atoms with Crippen molar-refractivity contribution in [3.8, 4) is 0 Å². The van der Waals surface area contributed by atoms with E-state index in [-0.39, 0.29) is 5.41 Å². The van der Waals surface area contributed by atoms with Crippen LogP contribution in [0.3, 0.4) is 0 Å². The van der Waals surface area contributed by atoms with E-state index >= 15 is 0 Å². The molecule has 0 radical (unpaired) electrons. The molecule has 18 heavy (non-hydrogen) atoms. The van der Waals surface area contributed by atoms with E-state index in [0.29, 0.717) is 6.10 Å². The summed E-state index contributed by atoms with van der Waals surface area (Å²) in [6.45, 7) is 6.67. The van der Waals surface area contributed by atoms with Crippen LogP contribution < -0.4 is 0 Å². The average molecular weight is 246 g/mol. The van der Waals surface area contributed by atoms with Gasteiger partial charge >= 0.3 is 0 Å². The molecule has 1 atom stereocenters. The normalized spacial score (nSPS) is 22.6. The molecular formula is C16H24NO+. The number of rotatable bonds is 4. The number of benzene rings is 1. The maximum absolute atomic E-state index is 5.55. The molecule has 1 heterocycles. The predicted octanol–water partition coefficient (Wildman–Crippen LogP) is 2.76.